The third-order valence-electron chi connectivity index (χ3n) is 5.08. The van der Waals surface area contributed by atoms with Crippen molar-refractivity contribution in [2.24, 2.45) is 4.99 Å². The summed E-state index contributed by atoms with van der Waals surface area (Å²) in [6.45, 7) is 4.60. The van der Waals surface area contributed by atoms with Crippen LogP contribution in [0.1, 0.15) is 34.0 Å². The van der Waals surface area contributed by atoms with Crippen molar-refractivity contribution in [1.82, 2.24) is 5.32 Å². The molecular formula is C27H24N2O5S. The minimum atomic E-state index is -0.969. The average molecular weight is 489 g/mol. The van der Waals surface area contributed by atoms with Gasteiger partial charge in [-0.1, -0.05) is 35.9 Å². The van der Waals surface area contributed by atoms with E-state index in [4.69, 9.17) is 14.6 Å². The maximum Gasteiger partial charge on any atom is 0.335 e. The van der Waals surface area contributed by atoms with Crippen molar-refractivity contribution >= 4 is 40.6 Å². The van der Waals surface area contributed by atoms with E-state index >= 15 is 0 Å². The Morgan fingerprint density at radius 3 is 2.46 bits per heavy atom. The van der Waals surface area contributed by atoms with E-state index in [1.54, 1.807) is 36.4 Å². The number of aromatic carboxylic acids is 1. The van der Waals surface area contributed by atoms with E-state index in [0.29, 0.717) is 28.2 Å². The molecule has 0 aromatic heterocycles. The number of aryl methyl sites for hydroxylation is 1. The number of ether oxygens (including phenoxy) is 2. The first kappa shape index (κ1) is 24.1. The predicted molar refractivity (Wildman–Crippen MR) is 137 cm³/mol. The van der Waals surface area contributed by atoms with Crippen LogP contribution in [0.3, 0.4) is 0 Å². The van der Waals surface area contributed by atoms with Crippen molar-refractivity contribution in [1.29, 1.82) is 0 Å². The number of nitrogens with zero attached hydrogens (tertiary/aromatic N) is 1. The second-order valence-corrected chi connectivity index (χ2v) is 8.78. The van der Waals surface area contributed by atoms with E-state index in [1.165, 1.54) is 11.8 Å². The lowest BCUT2D eigenvalue weighted by molar-refractivity contribution is -0.115. The molecule has 35 heavy (non-hydrogen) atoms. The molecule has 1 aliphatic heterocycles. The molecule has 2 N–H and O–H groups in total. The van der Waals surface area contributed by atoms with Gasteiger partial charge in [0.05, 0.1) is 22.8 Å². The second kappa shape index (κ2) is 10.9. The van der Waals surface area contributed by atoms with Crippen molar-refractivity contribution in [3.8, 4) is 11.5 Å². The highest BCUT2D eigenvalue weighted by Gasteiger charge is 2.24. The van der Waals surface area contributed by atoms with Crippen LogP contribution in [0.5, 0.6) is 11.5 Å². The SMILES string of the molecule is CCOc1cc(/C=C2/SC(=Nc3ccc(C)cc3)NC2=O)ccc1OCc1ccc(C(=O)O)cc1. The number of amides is 1. The molecule has 0 radical (unpaired) electrons. The van der Waals surface area contributed by atoms with E-state index in [2.05, 4.69) is 10.3 Å². The standard InChI is InChI=1S/C27H24N2O5S/c1-3-33-23-14-19(8-13-22(23)34-16-18-6-9-20(10-7-18)26(31)32)15-24-25(30)29-27(35-24)28-21-11-4-17(2)5-12-21/h4-15H,3,16H2,1-2H3,(H,31,32)(H,28,29,30)/b24-15+. The fourth-order valence-electron chi connectivity index (χ4n) is 3.28. The van der Waals surface area contributed by atoms with Gasteiger partial charge in [0.2, 0.25) is 0 Å². The first-order valence-electron chi connectivity index (χ1n) is 11.0. The highest BCUT2D eigenvalue weighted by Crippen LogP contribution is 2.33. The largest absolute Gasteiger partial charge is 0.490 e. The van der Waals surface area contributed by atoms with E-state index in [-0.39, 0.29) is 18.1 Å². The molecule has 0 spiro atoms. The zero-order valence-corrected chi connectivity index (χ0v) is 20.1. The first-order valence-corrected chi connectivity index (χ1v) is 11.8. The van der Waals surface area contributed by atoms with Gasteiger partial charge in [0.25, 0.3) is 5.91 Å². The van der Waals surface area contributed by atoms with E-state index in [0.717, 1.165) is 22.4 Å². The van der Waals surface area contributed by atoms with Gasteiger partial charge < -0.3 is 19.9 Å². The molecule has 1 aliphatic rings. The van der Waals surface area contributed by atoms with Gasteiger partial charge in [-0.25, -0.2) is 9.79 Å². The highest BCUT2D eigenvalue weighted by atomic mass is 32.2. The molecule has 0 bridgehead atoms. The van der Waals surface area contributed by atoms with Crippen LogP contribution in [-0.2, 0) is 11.4 Å². The predicted octanol–water partition coefficient (Wildman–Crippen LogP) is 5.56. The average Bonchev–Trinajstić information content (AvgIpc) is 3.18. The summed E-state index contributed by atoms with van der Waals surface area (Å²) in [6.07, 6.45) is 1.79. The molecule has 3 aromatic rings. The zero-order valence-electron chi connectivity index (χ0n) is 19.3. The maximum absolute atomic E-state index is 12.5. The van der Waals surface area contributed by atoms with Crippen LogP contribution in [0.2, 0.25) is 0 Å². The summed E-state index contributed by atoms with van der Waals surface area (Å²) >= 11 is 1.28. The maximum atomic E-state index is 12.5. The number of carbonyl (C=O) groups is 2. The number of rotatable bonds is 8. The number of hydrogen-bond donors (Lipinski definition) is 2. The molecule has 0 unspecified atom stereocenters. The number of nitrogens with one attached hydrogen (secondary N) is 1. The third-order valence-corrected chi connectivity index (χ3v) is 5.99. The number of benzene rings is 3. The Morgan fingerprint density at radius 1 is 1.03 bits per heavy atom. The molecule has 1 saturated heterocycles. The Balaban J connectivity index is 1.48. The van der Waals surface area contributed by atoms with Gasteiger partial charge in [0, 0.05) is 0 Å². The van der Waals surface area contributed by atoms with Crippen LogP contribution in [0.15, 0.2) is 76.6 Å². The van der Waals surface area contributed by atoms with Gasteiger partial charge in [0.1, 0.15) is 6.61 Å². The van der Waals surface area contributed by atoms with Crippen LogP contribution in [0, 0.1) is 6.92 Å². The first-order chi connectivity index (χ1) is 16.9. The van der Waals surface area contributed by atoms with Crippen molar-refractivity contribution in [3.63, 3.8) is 0 Å². The Labute approximate surface area is 207 Å². The van der Waals surface area contributed by atoms with Gasteiger partial charge in [-0.05, 0) is 79.2 Å². The summed E-state index contributed by atoms with van der Waals surface area (Å²) in [4.78, 5) is 28.5. The van der Waals surface area contributed by atoms with Crippen LogP contribution in [-0.4, -0.2) is 28.8 Å². The molecular weight excluding hydrogens is 464 g/mol. The normalized spacial score (nSPS) is 15.3. The quantitative estimate of drug-likeness (QED) is 0.403. The topological polar surface area (TPSA) is 97.2 Å². The van der Waals surface area contributed by atoms with Gasteiger partial charge in [-0.3, -0.25) is 4.79 Å². The van der Waals surface area contributed by atoms with Crippen molar-refractivity contribution in [3.05, 3.63) is 93.9 Å². The third kappa shape index (κ3) is 6.30. The van der Waals surface area contributed by atoms with Crippen LogP contribution < -0.4 is 14.8 Å². The second-order valence-electron chi connectivity index (χ2n) is 7.75. The lowest BCUT2D eigenvalue weighted by Crippen LogP contribution is -2.19. The van der Waals surface area contributed by atoms with Crippen molar-refractivity contribution in [2.75, 3.05) is 6.61 Å². The Morgan fingerprint density at radius 2 is 1.77 bits per heavy atom. The monoisotopic (exact) mass is 488 g/mol. The summed E-state index contributed by atoms with van der Waals surface area (Å²) in [5.41, 5.74) is 3.77. The molecule has 3 aromatic carbocycles. The van der Waals surface area contributed by atoms with E-state index < -0.39 is 5.97 Å². The number of thioether (sulfide) groups is 1. The van der Waals surface area contributed by atoms with Crippen LogP contribution >= 0.6 is 11.8 Å². The molecule has 178 valence electrons. The van der Waals surface area contributed by atoms with E-state index in [1.807, 2.05) is 50.2 Å². The van der Waals surface area contributed by atoms with Crippen LogP contribution in [0.25, 0.3) is 6.08 Å². The van der Waals surface area contributed by atoms with E-state index in [9.17, 15) is 9.59 Å². The molecule has 0 saturated carbocycles. The smallest absolute Gasteiger partial charge is 0.335 e. The molecule has 4 rings (SSSR count). The lowest BCUT2D eigenvalue weighted by Gasteiger charge is -2.13. The van der Waals surface area contributed by atoms with Gasteiger partial charge in [-0.2, -0.15) is 0 Å². The molecule has 8 heteroatoms. The molecule has 1 fully saturated rings. The van der Waals surface area contributed by atoms with Crippen molar-refractivity contribution < 1.29 is 24.2 Å². The molecule has 1 heterocycles. The fraction of sp³-hybridized carbons (Fsp3) is 0.148. The van der Waals surface area contributed by atoms with Gasteiger partial charge >= 0.3 is 5.97 Å². The number of carboxylic acids is 1. The van der Waals surface area contributed by atoms with Gasteiger partial charge in [-0.15, -0.1) is 0 Å². The fourth-order valence-corrected chi connectivity index (χ4v) is 4.12. The van der Waals surface area contributed by atoms with Gasteiger partial charge in [0.15, 0.2) is 16.7 Å². The summed E-state index contributed by atoms with van der Waals surface area (Å²) in [7, 11) is 0. The van der Waals surface area contributed by atoms with Crippen molar-refractivity contribution in [2.45, 2.75) is 20.5 Å². The summed E-state index contributed by atoms with van der Waals surface area (Å²) in [6, 6.07) is 19.7. The number of aliphatic imine (C=N–C) groups is 1. The number of hydrogen-bond acceptors (Lipinski definition) is 6. The highest BCUT2D eigenvalue weighted by molar-refractivity contribution is 8.18. The Hall–Kier alpha value is -4.04. The zero-order chi connectivity index (χ0) is 24.8. The number of amidine groups is 1. The minimum Gasteiger partial charge on any atom is -0.490 e. The summed E-state index contributed by atoms with van der Waals surface area (Å²) in [5, 5.41) is 12.4. The molecule has 7 nitrogen and oxygen atoms in total. The molecule has 1 amide bonds. The minimum absolute atomic E-state index is 0.205. The lowest BCUT2D eigenvalue weighted by atomic mass is 10.1. The van der Waals surface area contributed by atoms with Crippen LogP contribution in [0.4, 0.5) is 5.69 Å². The summed E-state index contributed by atoms with van der Waals surface area (Å²) in [5.74, 6) is -0.0603. The number of carbonyl (C=O) groups excluding carboxylic acids is 1. The summed E-state index contributed by atoms with van der Waals surface area (Å²) < 4.78 is 11.7. The Bertz CT molecular complexity index is 1300. The molecule has 0 aliphatic carbocycles. The Kier molecular flexibility index (Phi) is 7.52. The number of carboxylic acid groups (broad SMARTS) is 1. The molecule has 0 atom stereocenters.